The molecule has 1 heterocycles. The van der Waals surface area contributed by atoms with Crippen LogP contribution in [-0.2, 0) is 6.42 Å². The Kier molecular flexibility index (Phi) is 2.95. The summed E-state index contributed by atoms with van der Waals surface area (Å²) in [7, 11) is 0. The number of Topliss-reactive ketones (excluding diaryl/α,β-unsaturated/α-hetero) is 1. The van der Waals surface area contributed by atoms with Crippen LogP contribution in [0.25, 0.3) is 10.8 Å². The van der Waals surface area contributed by atoms with Crippen molar-refractivity contribution < 1.29 is 4.79 Å². The lowest BCUT2D eigenvalue weighted by Gasteiger charge is -2.04. The molecule has 3 rings (SSSR count). The van der Waals surface area contributed by atoms with Gasteiger partial charge in [0.1, 0.15) is 0 Å². The van der Waals surface area contributed by atoms with Crippen LogP contribution in [0.15, 0.2) is 59.3 Å². The molecular formula is C16H12OS. The summed E-state index contributed by atoms with van der Waals surface area (Å²) >= 11 is 1.63. The SMILES string of the molecule is O=C(Cc1ccsc1)c1cccc2ccccc12. The molecular weight excluding hydrogens is 240 g/mol. The van der Waals surface area contributed by atoms with E-state index in [9.17, 15) is 4.79 Å². The highest BCUT2D eigenvalue weighted by Gasteiger charge is 2.10. The zero-order valence-electron chi connectivity index (χ0n) is 9.80. The molecule has 88 valence electrons. The first-order chi connectivity index (χ1) is 8.84. The van der Waals surface area contributed by atoms with E-state index in [0.717, 1.165) is 21.9 Å². The minimum atomic E-state index is 0.185. The van der Waals surface area contributed by atoms with Gasteiger partial charge in [0.25, 0.3) is 0 Å². The summed E-state index contributed by atoms with van der Waals surface area (Å²) in [6.45, 7) is 0. The average molecular weight is 252 g/mol. The second-order valence-electron chi connectivity index (χ2n) is 4.26. The van der Waals surface area contributed by atoms with Crippen LogP contribution in [0.3, 0.4) is 0 Å². The Balaban J connectivity index is 2.01. The molecule has 0 amide bonds. The van der Waals surface area contributed by atoms with Crippen LogP contribution in [-0.4, -0.2) is 5.78 Å². The summed E-state index contributed by atoms with van der Waals surface area (Å²) in [5, 5.41) is 6.20. The summed E-state index contributed by atoms with van der Waals surface area (Å²) in [6, 6.07) is 15.9. The zero-order chi connectivity index (χ0) is 12.4. The second kappa shape index (κ2) is 4.75. The number of benzene rings is 2. The van der Waals surface area contributed by atoms with Crippen LogP contribution in [0, 0.1) is 0 Å². The Morgan fingerprint density at radius 3 is 2.67 bits per heavy atom. The minimum Gasteiger partial charge on any atom is -0.294 e. The third-order valence-electron chi connectivity index (χ3n) is 3.03. The van der Waals surface area contributed by atoms with Crippen molar-refractivity contribution in [1.29, 1.82) is 0 Å². The fourth-order valence-corrected chi connectivity index (χ4v) is 2.81. The van der Waals surface area contributed by atoms with Crippen molar-refractivity contribution in [3.63, 3.8) is 0 Å². The second-order valence-corrected chi connectivity index (χ2v) is 5.04. The molecule has 0 saturated heterocycles. The third kappa shape index (κ3) is 2.07. The maximum atomic E-state index is 12.3. The summed E-state index contributed by atoms with van der Waals surface area (Å²) in [5.74, 6) is 0.185. The van der Waals surface area contributed by atoms with Gasteiger partial charge in [-0.3, -0.25) is 4.79 Å². The van der Waals surface area contributed by atoms with Crippen molar-refractivity contribution in [2.24, 2.45) is 0 Å². The number of rotatable bonds is 3. The summed E-state index contributed by atoms with van der Waals surface area (Å²) in [6.07, 6.45) is 0.484. The topological polar surface area (TPSA) is 17.1 Å². The predicted octanol–water partition coefficient (Wildman–Crippen LogP) is 4.33. The van der Waals surface area contributed by atoms with Gasteiger partial charge in [-0.05, 0) is 33.2 Å². The molecule has 0 bridgehead atoms. The van der Waals surface area contributed by atoms with E-state index in [1.54, 1.807) is 11.3 Å². The van der Waals surface area contributed by atoms with Gasteiger partial charge in [0.15, 0.2) is 5.78 Å². The van der Waals surface area contributed by atoms with Crippen LogP contribution in [0.4, 0.5) is 0 Å². The lowest BCUT2D eigenvalue weighted by Crippen LogP contribution is -2.03. The summed E-state index contributed by atoms with van der Waals surface area (Å²) < 4.78 is 0. The van der Waals surface area contributed by atoms with Gasteiger partial charge in [0, 0.05) is 12.0 Å². The highest BCUT2D eigenvalue weighted by molar-refractivity contribution is 7.08. The number of ketones is 1. The predicted molar refractivity (Wildman–Crippen MR) is 76.3 cm³/mol. The molecule has 1 nitrogen and oxygen atoms in total. The van der Waals surface area contributed by atoms with E-state index in [1.165, 1.54) is 0 Å². The minimum absolute atomic E-state index is 0.185. The molecule has 3 aromatic rings. The Morgan fingerprint density at radius 1 is 1.00 bits per heavy atom. The summed E-state index contributed by atoms with van der Waals surface area (Å²) in [5.41, 5.74) is 1.91. The molecule has 0 atom stereocenters. The van der Waals surface area contributed by atoms with Crippen molar-refractivity contribution in [2.75, 3.05) is 0 Å². The first kappa shape index (κ1) is 11.2. The quantitative estimate of drug-likeness (QED) is 0.634. The number of carbonyl (C=O) groups excluding carboxylic acids is 1. The van der Waals surface area contributed by atoms with E-state index in [0.29, 0.717) is 6.42 Å². The smallest absolute Gasteiger partial charge is 0.167 e. The van der Waals surface area contributed by atoms with Gasteiger partial charge >= 0.3 is 0 Å². The van der Waals surface area contributed by atoms with Gasteiger partial charge < -0.3 is 0 Å². The fourth-order valence-electron chi connectivity index (χ4n) is 2.14. The third-order valence-corrected chi connectivity index (χ3v) is 3.77. The highest BCUT2D eigenvalue weighted by atomic mass is 32.1. The Morgan fingerprint density at radius 2 is 1.83 bits per heavy atom. The lowest BCUT2D eigenvalue weighted by molar-refractivity contribution is 0.0994. The number of carbonyl (C=O) groups is 1. The van der Waals surface area contributed by atoms with E-state index in [-0.39, 0.29) is 5.78 Å². The van der Waals surface area contributed by atoms with E-state index in [2.05, 4.69) is 0 Å². The maximum absolute atomic E-state index is 12.3. The van der Waals surface area contributed by atoms with Crippen molar-refractivity contribution in [1.82, 2.24) is 0 Å². The molecule has 0 aliphatic heterocycles. The van der Waals surface area contributed by atoms with Gasteiger partial charge in [-0.1, -0.05) is 42.5 Å². The van der Waals surface area contributed by atoms with E-state index >= 15 is 0 Å². The van der Waals surface area contributed by atoms with E-state index < -0.39 is 0 Å². The van der Waals surface area contributed by atoms with Crippen molar-refractivity contribution in [3.05, 3.63) is 70.4 Å². The molecule has 0 aliphatic carbocycles. The van der Waals surface area contributed by atoms with E-state index in [1.807, 2.05) is 59.3 Å². The van der Waals surface area contributed by atoms with Gasteiger partial charge in [-0.2, -0.15) is 11.3 Å². The standard InChI is InChI=1S/C16H12OS/c17-16(10-12-8-9-18-11-12)15-7-3-5-13-4-1-2-6-14(13)15/h1-9,11H,10H2. The lowest BCUT2D eigenvalue weighted by atomic mass is 9.98. The molecule has 0 unspecified atom stereocenters. The monoisotopic (exact) mass is 252 g/mol. The molecule has 0 saturated carbocycles. The normalized spacial score (nSPS) is 10.7. The number of fused-ring (bicyclic) bond motifs is 1. The zero-order valence-corrected chi connectivity index (χ0v) is 10.6. The van der Waals surface area contributed by atoms with Gasteiger partial charge in [0.2, 0.25) is 0 Å². The highest BCUT2D eigenvalue weighted by Crippen LogP contribution is 2.20. The average Bonchev–Trinajstić information content (AvgIpc) is 2.91. The number of thiophene rings is 1. The maximum Gasteiger partial charge on any atom is 0.167 e. The Bertz CT molecular complexity index is 678. The number of hydrogen-bond acceptors (Lipinski definition) is 2. The molecule has 18 heavy (non-hydrogen) atoms. The van der Waals surface area contributed by atoms with E-state index in [4.69, 9.17) is 0 Å². The largest absolute Gasteiger partial charge is 0.294 e. The molecule has 0 fully saturated rings. The Hall–Kier alpha value is -1.93. The Labute approximate surface area is 110 Å². The van der Waals surface area contributed by atoms with Crippen LogP contribution < -0.4 is 0 Å². The first-order valence-corrected chi connectivity index (χ1v) is 6.81. The van der Waals surface area contributed by atoms with Crippen molar-refractivity contribution >= 4 is 27.9 Å². The molecule has 1 aromatic heterocycles. The van der Waals surface area contributed by atoms with Crippen LogP contribution >= 0.6 is 11.3 Å². The first-order valence-electron chi connectivity index (χ1n) is 5.86. The molecule has 2 heteroatoms. The van der Waals surface area contributed by atoms with Crippen LogP contribution in [0.2, 0.25) is 0 Å². The summed E-state index contributed by atoms with van der Waals surface area (Å²) in [4.78, 5) is 12.3. The number of hydrogen-bond donors (Lipinski definition) is 0. The molecule has 0 aliphatic rings. The van der Waals surface area contributed by atoms with Crippen molar-refractivity contribution in [2.45, 2.75) is 6.42 Å². The van der Waals surface area contributed by atoms with Crippen LogP contribution in [0.1, 0.15) is 15.9 Å². The van der Waals surface area contributed by atoms with Crippen molar-refractivity contribution in [3.8, 4) is 0 Å². The molecule has 0 radical (unpaired) electrons. The van der Waals surface area contributed by atoms with Crippen LogP contribution in [0.5, 0.6) is 0 Å². The fraction of sp³-hybridized carbons (Fsp3) is 0.0625. The van der Waals surface area contributed by atoms with Gasteiger partial charge in [0.05, 0.1) is 0 Å². The molecule has 0 spiro atoms. The van der Waals surface area contributed by atoms with Gasteiger partial charge in [-0.25, -0.2) is 0 Å². The van der Waals surface area contributed by atoms with Gasteiger partial charge in [-0.15, -0.1) is 0 Å². The molecule has 2 aromatic carbocycles. The molecule has 0 N–H and O–H groups in total.